The summed E-state index contributed by atoms with van der Waals surface area (Å²) in [4.78, 5) is 21.6. The van der Waals surface area contributed by atoms with Crippen molar-refractivity contribution in [1.82, 2.24) is 10.6 Å². The molecule has 6 nitrogen and oxygen atoms in total. The number of carboxylic acids is 1. The maximum Gasteiger partial charge on any atom is 0.371 e. The van der Waals surface area contributed by atoms with Crippen molar-refractivity contribution in [2.24, 2.45) is 0 Å². The van der Waals surface area contributed by atoms with E-state index in [1.807, 2.05) is 6.92 Å². The number of hydrogen-bond acceptors (Lipinski definition) is 4. The molecule has 1 heterocycles. The Bertz CT molecular complexity index is 373. The summed E-state index contributed by atoms with van der Waals surface area (Å²) in [5.74, 6) is -0.820. The molecule has 1 aromatic heterocycles. The lowest BCUT2D eigenvalue weighted by atomic mass is 10.4. The van der Waals surface area contributed by atoms with Crippen LogP contribution < -0.4 is 10.6 Å². The molecule has 0 saturated heterocycles. The Morgan fingerprint density at radius 1 is 1.44 bits per heavy atom. The van der Waals surface area contributed by atoms with Crippen molar-refractivity contribution < 1.29 is 19.1 Å². The fourth-order valence-electron chi connectivity index (χ4n) is 1.15. The molecular weight excluding hydrogens is 212 g/mol. The zero-order valence-electron chi connectivity index (χ0n) is 8.95. The quantitative estimate of drug-likeness (QED) is 0.644. The second-order valence-electron chi connectivity index (χ2n) is 3.13. The van der Waals surface area contributed by atoms with Crippen LogP contribution in [0.5, 0.6) is 0 Å². The van der Waals surface area contributed by atoms with Gasteiger partial charge in [-0.3, -0.25) is 4.79 Å². The zero-order valence-corrected chi connectivity index (χ0v) is 8.95. The van der Waals surface area contributed by atoms with E-state index in [2.05, 4.69) is 10.6 Å². The Kier molecular flexibility index (Phi) is 4.53. The molecule has 0 aromatic carbocycles. The van der Waals surface area contributed by atoms with Crippen LogP contribution in [0.15, 0.2) is 16.5 Å². The van der Waals surface area contributed by atoms with Crippen LogP contribution in [0.1, 0.15) is 23.2 Å². The van der Waals surface area contributed by atoms with Crippen LogP contribution in [0.25, 0.3) is 0 Å². The highest BCUT2D eigenvalue weighted by molar-refractivity contribution is 5.84. The van der Waals surface area contributed by atoms with E-state index in [1.54, 1.807) is 6.07 Å². The Morgan fingerprint density at radius 2 is 2.19 bits per heavy atom. The lowest BCUT2D eigenvalue weighted by molar-refractivity contribution is -0.120. The second-order valence-corrected chi connectivity index (χ2v) is 3.13. The summed E-state index contributed by atoms with van der Waals surface area (Å²) in [6, 6.07) is 2.94. The van der Waals surface area contributed by atoms with Crippen molar-refractivity contribution in [3.63, 3.8) is 0 Å². The lowest BCUT2D eigenvalue weighted by Crippen LogP contribution is -2.33. The van der Waals surface area contributed by atoms with Gasteiger partial charge in [-0.1, -0.05) is 0 Å². The standard InChI is InChI=1S/C10H14N2O4/c1-2-12-9(13)6-11-5-7-3-4-8(16-7)10(14)15/h3-4,11H,2,5-6H2,1H3,(H,12,13)(H,14,15). The first-order valence-electron chi connectivity index (χ1n) is 4.93. The van der Waals surface area contributed by atoms with Crippen molar-refractivity contribution in [3.05, 3.63) is 23.7 Å². The molecule has 16 heavy (non-hydrogen) atoms. The third-order valence-electron chi connectivity index (χ3n) is 1.83. The predicted molar refractivity (Wildman–Crippen MR) is 56.1 cm³/mol. The molecule has 0 saturated carbocycles. The molecule has 0 bridgehead atoms. The number of carbonyl (C=O) groups is 2. The van der Waals surface area contributed by atoms with E-state index in [4.69, 9.17) is 9.52 Å². The van der Waals surface area contributed by atoms with E-state index in [9.17, 15) is 9.59 Å². The Balaban J connectivity index is 2.32. The van der Waals surface area contributed by atoms with Gasteiger partial charge in [-0.05, 0) is 19.1 Å². The number of carboxylic acid groups (broad SMARTS) is 1. The molecule has 0 unspecified atom stereocenters. The van der Waals surface area contributed by atoms with Crippen LogP contribution in [0.2, 0.25) is 0 Å². The molecule has 1 amide bonds. The van der Waals surface area contributed by atoms with Gasteiger partial charge in [0.15, 0.2) is 0 Å². The summed E-state index contributed by atoms with van der Waals surface area (Å²) in [6.07, 6.45) is 0. The summed E-state index contributed by atoms with van der Waals surface area (Å²) < 4.78 is 4.99. The average Bonchev–Trinajstić information content (AvgIpc) is 2.67. The molecule has 0 aliphatic carbocycles. The largest absolute Gasteiger partial charge is 0.475 e. The molecular formula is C10H14N2O4. The molecule has 0 atom stereocenters. The Hall–Kier alpha value is -1.82. The Labute approximate surface area is 92.6 Å². The average molecular weight is 226 g/mol. The zero-order chi connectivity index (χ0) is 12.0. The molecule has 88 valence electrons. The minimum atomic E-state index is -1.10. The summed E-state index contributed by atoms with van der Waals surface area (Å²) in [7, 11) is 0. The highest BCUT2D eigenvalue weighted by atomic mass is 16.4. The van der Waals surface area contributed by atoms with Gasteiger partial charge in [0.1, 0.15) is 5.76 Å². The van der Waals surface area contributed by atoms with Crippen molar-refractivity contribution in [2.45, 2.75) is 13.5 Å². The molecule has 0 spiro atoms. The number of aromatic carboxylic acids is 1. The summed E-state index contributed by atoms with van der Waals surface area (Å²) >= 11 is 0. The summed E-state index contributed by atoms with van der Waals surface area (Å²) in [5, 5.41) is 14.1. The van der Waals surface area contributed by atoms with Gasteiger partial charge in [0, 0.05) is 6.54 Å². The molecule has 0 aliphatic heterocycles. The van der Waals surface area contributed by atoms with Gasteiger partial charge in [-0.15, -0.1) is 0 Å². The number of furan rings is 1. The van der Waals surface area contributed by atoms with E-state index in [0.29, 0.717) is 18.8 Å². The van der Waals surface area contributed by atoms with E-state index in [1.165, 1.54) is 6.07 Å². The van der Waals surface area contributed by atoms with E-state index >= 15 is 0 Å². The van der Waals surface area contributed by atoms with Gasteiger partial charge in [0.2, 0.25) is 11.7 Å². The molecule has 6 heteroatoms. The fraction of sp³-hybridized carbons (Fsp3) is 0.400. The topological polar surface area (TPSA) is 91.6 Å². The third kappa shape index (κ3) is 3.74. The van der Waals surface area contributed by atoms with Crippen molar-refractivity contribution in [3.8, 4) is 0 Å². The fourth-order valence-corrected chi connectivity index (χ4v) is 1.15. The van der Waals surface area contributed by atoms with E-state index < -0.39 is 5.97 Å². The van der Waals surface area contributed by atoms with Gasteiger partial charge >= 0.3 is 5.97 Å². The van der Waals surface area contributed by atoms with E-state index in [-0.39, 0.29) is 18.2 Å². The predicted octanol–water partition coefficient (Wildman–Crippen LogP) is 0.203. The number of carbonyl (C=O) groups excluding carboxylic acids is 1. The number of hydrogen-bond donors (Lipinski definition) is 3. The van der Waals surface area contributed by atoms with Crippen LogP contribution in [0, 0.1) is 0 Å². The van der Waals surface area contributed by atoms with Crippen molar-refractivity contribution in [2.75, 3.05) is 13.1 Å². The van der Waals surface area contributed by atoms with Crippen LogP contribution in [0.3, 0.4) is 0 Å². The van der Waals surface area contributed by atoms with Gasteiger partial charge in [-0.25, -0.2) is 4.79 Å². The van der Waals surface area contributed by atoms with Gasteiger partial charge < -0.3 is 20.2 Å². The number of likely N-dealkylation sites (N-methyl/N-ethyl adjacent to an activating group) is 1. The van der Waals surface area contributed by atoms with Crippen LogP contribution in [0.4, 0.5) is 0 Å². The number of amides is 1. The van der Waals surface area contributed by atoms with Gasteiger partial charge in [0.25, 0.3) is 0 Å². The molecule has 1 rings (SSSR count). The third-order valence-corrected chi connectivity index (χ3v) is 1.83. The monoisotopic (exact) mass is 226 g/mol. The SMILES string of the molecule is CCNC(=O)CNCc1ccc(C(=O)O)o1. The van der Waals surface area contributed by atoms with Crippen LogP contribution >= 0.6 is 0 Å². The second kappa shape index (κ2) is 5.92. The first-order chi connectivity index (χ1) is 7.63. The molecule has 1 aromatic rings. The molecule has 0 fully saturated rings. The minimum Gasteiger partial charge on any atom is -0.475 e. The first kappa shape index (κ1) is 12.3. The van der Waals surface area contributed by atoms with E-state index in [0.717, 1.165) is 0 Å². The first-order valence-corrected chi connectivity index (χ1v) is 4.93. The number of nitrogens with one attached hydrogen (secondary N) is 2. The highest BCUT2D eigenvalue weighted by Crippen LogP contribution is 2.06. The molecule has 0 aliphatic rings. The highest BCUT2D eigenvalue weighted by Gasteiger charge is 2.08. The maximum absolute atomic E-state index is 11.0. The number of rotatable bonds is 6. The summed E-state index contributed by atoms with van der Waals surface area (Å²) in [6.45, 7) is 2.93. The summed E-state index contributed by atoms with van der Waals surface area (Å²) in [5.41, 5.74) is 0. The smallest absolute Gasteiger partial charge is 0.371 e. The molecule has 0 radical (unpaired) electrons. The van der Waals surface area contributed by atoms with Crippen molar-refractivity contribution >= 4 is 11.9 Å². The van der Waals surface area contributed by atoms with Crippen LogP contribution in [-0.2, 0) is 11.3 Å². The van der Waals surface area contributed by atoms with Gasteiger partial charge in [-0.2, -0.15) is 0 Å². The lowest BCUT2D eigenvalue weighted by Gasteiger charge is -2.02. The molecule has 3 N–H and O–H groups in total. The van der Waals surface area contributed by atoms with Crippen LogP contribution in [-0.4, -0.2) is 30.1 Å². The van der Waals surface area contributed by atoms with Crippen molar-refractivity contribution in [1.29, 1.82) is 0 Å². The van der Waals surface area contributed by atoms with Gasteiger partial charge in [0.05, 0.1) is 13.1 Å². The minimum absolute atomic E-state index is 0.102. The normalized spacial score (nSPS) is 10.1. The maximum atomic E-state index is 11.0. The Morgan fingerprint density at radius 3 is 2.75 bits per heavy atom.